The molecule has 6 aliphatic carbocycles. The lowest BCUT2D eigenvalue weighted by Gasteiger charge is -2.40. The molecule has 0 radical (unpaired) electrons. The van der Waals surface area contributed by atoms with Crippen molar-refractivity contribution in [3.63, 3.8) is 0 Å². The average molecular weight is 607 g/mol. The minimum absolute atomic E-state index is 0.0201. The predicted molar refractivity (Wildman–Crippen MR) is 176 cm³/mol. The van der Waals surface area contributed by atoms with Gasteiger partial charge in [-0.25, -0.2) is 0 Å². The minimum atomic E-state index is 0.0201. The van der Waals surface area contributed by atoms with Crippen LogP contribution in [0.3, 0.4) is 0 Å². The van der Waals surface area contributed by atoms with Gasteiger partial charge in [0.25, 0.3) is 0 Å². The van der Waals surface area contributed by atoms with Crippen molar-refractivity contribution in [1.29, 1.82) is 21.0 Å². The molecule has 6 heteroatoms. The van der Waals surface area contributed by atoms with Gasteiger partial charge in [0.05, 0.1) is 0 Å². The smallest absolute Gasteiger partial charge is 0.131 e. The maximum Gasteiger partial charge on any atom is 0.131 e. The van der Waals surface area contributed by atoms with Crippen LogP contribution < -0.4 is 0 Å². The number of thiophene rings is 2. The maximum absolute atomic E-state index is 9.40. The van der Waals surface area contributed by atoms with Gasteiger partial charge in [-0.3, -0.25) is 0 Å². The third-order valence-electron chi connectivity index (χ3n) is 11.0. The standard InChI is InChI=1S/C38H30N4S2/c39-19-23(20-40)11-27-17-33-35(43-27)29-13-26-16-32-30(14-25(26)15-31(29)37(33)7-3-1-4-8-37)36-34(38(32)9-5-2-6-10-38)18-28(44-36)12-24(21-41)22-42/h11-18,25-26H,1-10H2. The molecular weight excluding hydrogens is 577 g/mol. The van der Waals surface area contributed by atoms with Crippen molar-refractivity contribution < 1.29 is 0 Å². The van der Waals surface area contributed by atoms with Crippen LogP contribution in [0.25, 0.3) is 23.3 Å². The van der Waals surface area contributed by atoms with E-state index >= 15 is 0 Å². The van der Waals surface area contributed by atoms with Crippen molar-refractivity contribution >= 4 is 46.0 Å². The fourth-order valence-electron chi connectivity index (χ4n) is 9.12. The van der Waals surface area contributed by atoms with Crippen molar-refractivity contribution in [2.24, 2.45) is 11.8 Å². The Kier molecular flexibility index (Phi) is 6.33. The van der Waals surface area contributed by atoms with Crippen LogP contribution >= 0.6 is 22.7 Å². The summed E-state index contributed by atoms with van der Waals surface area (Å²) >= 11 is 3.48. The fraction of sp³-hybridized carbons (Fsp3) is 0.368. The van der Waals surface area contributed by atoms with E-state index in [-0.39, 0.29) is 22.0 Å². The van der Waals surface area contributed by atoms with E-state index in [1.165, 1.54) is 81.7 Å². The molecule has 214 valence electrons. The quantitative estimate of drug-likeness (QED) is 0.318. The van der Waals surface area contributed by atoms with E-state index in [0.717, 1.165) is 35.4 Å². The molecule has 2 saturated carbocycles. The molecular formula is C38H30N4S2. The number of fused-ring (bicyclic) bond motifs is 11. The number of rotatable bonds is 2. The zero-order valence-corrected chi connectivity index (χ0v) is 26.1. The van der Waals surface area contributed by atoms with Gasteiger partial charge in [-0.2, -0.15) is 21.0 Å². The predicted octanol–water partition coefficient (Wildman–Crippen LogP) is 9.68. The lowest BCUT2D eigenvalue weighted by molar-refractivity contribution is 0.347. The summed E-state index contributed by atoms with van der Waals surface area (Å²) in [6.45, 7) is 0. The third kappa shape index (κ3) is 3.82. The van der Waals surface area contributed by atoms with Crippen molar-refractivity contribution in [3.8, 4) is 24.3 Å². The molecule has 0 bridgehead atoms. The Balaban J connectivity index is 1.26. The minimum Gasteiger partial charge on any atom is -0.192 e. The summed E-state index contributed by atoms with van der Waals surface area (Å²) in [4.78, 5) is 4.69. The monoisotopic (exact) mass is 606 g/mol. The molecule has 2 heterocycles. The first-order valence-electron chi connectivity index (χ1n) is 15.8. The van der Waals surface area contributed by atoms with E-state index in [1.54, 1.807) is 34.8 Å². The molecule has 0 saturated heterocycles. The Morgan fingerprint density at radius 1 is 0.591 bits per heavy atom. The largest absolute Gasteiger partial charge is 0.192 e. The van der Waals surface area contributed by atoms with Gasteiger partial charge in [0.1, 0.15) is 35.4 Å². The molecule has 44 heavy (non-hydrogen) atoms. The molecule has 4 nitrogen and oxygen atoms in total. The van der Waals surface area contributed by atoms with Gasteiger partial charge in [0.2, 0.25) is 0 Å². The summed E-state index contributed by atoms with van der Waals surface area (Å²) in [5, 5.41) is 37.6. The zero-order chi connectivity index (χ0) is 30.1. The Morgan fingerprint density at radius 3 is 1.34 bits per heavy atom. The van der Waals surface area contributed by atoms with Crippen LogP contribution in [-0.2, 0) is 10.8 Å². The highest BCUT2D eigenvalue weighted by atomic mass is 32.1. The molecule has 2 spiro atoms. The molecule has 2 aromatic heterocycles. The molecule has 2 fully saturated rings. The maximum atomic E-state index is 9.40. The molecule has 8 rings (SSSR count). The summed E-state index contributed by atoms with van der Waals surface area (Å²) in [6.07, 6.45) is 25.8. The van der Waals surface area contributed by atoms with Gasteiger partial charge in [-0.15, -0.1) is 22.7 Å². The molecule has 0 N–H and O–H groups in total. The SMILES string of the molecule is N#CC(C#N)=Cc1cc2c(s1)C1=CC3C=C4C(=CC3C=C1C21CCCCC1)c1sc(C=C(C#N)C#N)cc1C41CCCCC1. The summed E-state index contributed by atoms with van der Waals surface area (Å²) in [5.41, 5.74) is 8.94. The normalized spacial score (nSPS) is 24.3. The summed E-state index contributed by atoms with van der Waals surface area (Å²) in [5.74, 6) is 0.592. The van der Waals surface area contributed by atoms with Crippen LogP contribution in [0.15, 0.2) is 58.7 Å². The lowest BCUT2D eigenvalue weighted by Crippen LogP contribution is -2.31. The first-order valence-corrected chi connectivity index (χ1v) is 17.4. The van der Waals surface area contributed by atoms with Gasteiger partial charge in [-0.1, -0.05) is 62.8 Å². The summed E-state index contributed by atoms with van der Waals surface area (Å²) in [7, 11) is 0. The van der Waals surface area contributed by atoms with Crippen molar-refractivity contribution in [3.05, 3.63) is 89.4 Å². The molecule has 6 aliphatic rings. The Bertz CT molecular complexity index is 1800. The van der Waals surface area contributed by atoms with E-state index < -0.39 is 0 Å². The number of allylic oxidation sites excluding steroid dienone is 10. The highest BCUT2D eigenvalue weighted by Crippen LogP contribution is 2.64. The van der Waals surface area contributed by atoms with Crippen LogP contribution in [0.5, 0.6) is 0 Å². The van der Waals surface area contributed by atoms with E-state index in [4.69, 9.17) is 0 Å². The second-order valence-electron chi connectivity index (χ2n) is 13.1. The second-order valence-corrected chi connectivity index (χ2v) is 15.3. The van der Waals surface area contributed by atoms with Crippen LogP contribution in [0.2, 0.25) is 0 Å². The van der Waals surface area contributed by atoms with Gasteiger partial charge in [0.15, 0.2) is 0 Å². The van der Waals surface area contributed by atoms with Crippen LogP contribution in [0.1, 0.15) is 94.8 Å². The van der Waals surface area contributed by atoms with Crippen LogP contribution in [-0.4, -0.2) is 0 Å². The molecule has 0 aromatic carbocycles. The lowest BCUT2D eigenvalue weighted by atomic mass is 9.63. The molecule has 2 unspecified atom stereocenters. The number of hydrogen-bond acceptors (Lipinski definition) is 6. The topological polar surface area (TPSA) is 95.2 Å². The first kappa shape index (κ1) is 27.4. The Morgan fingerprint density at radius 2 is 0.977 bits per heavy atom. The second kappa shape index (κ2) is 10.2. The zero-order valence-electron chi connectivity index (χ0n) is 24.4. The van der Waals surface area contributed by atoms with E-state index in [0.29, 0.717) is 11.8 Å². The van der Waals surface area contributed by atoms with Gasteiger partial charge in [-0.05, 0) is 83.4 Å². The van der Waals surface area contributed by atoms with E-state index in [1.807, 2.05) is 24.3 Å². The molecule has 2 aromatic rings. The Hall–Kier alpha value is -4.20. The van der Waals surface area contributed by atoms with Gasteiger partial charge >= 0.3 is 0 Å². The molecule has 0 amide bonds. The average Bonchev–Trinajstić information content (AvgIpc) is 3.79. The highest BCUT2D eigenvalue weighted by Gasteiger charge is 2.52. The van der Waals surface area contributed by atoms with Crippen molar-refractivity contribution in [2.75, 3.05) is 0 Å². The van der Waals surface area contributed by atoms with Crippen molar-refractivity contribution in [1.82, 2.24) is 0 Å². The first-order chi connectivity index (χ1) is 21.5. The van der Waals surface area contributed by atoms with E-state index in [9.17, 15) is 21.0 Å². The molecule has 2 atom stereocenters. The molecule has 0 aliphatic heterocycles. The van der Waals surface area contributed by atoms with Gasteiger partial charge in [0, 0.05) is 42.2 Å². The highest BCUT2D eigenvalue weighted by molar-refractivity contribution is 7.14. The van der Waals surface area contributed by atoms with Crippen LogP contribution in [0, 0.1) is 57.2 Å². The van der Waals surface area contributed by atoms with Crippen LogP contribution in [0.4, 0.5) is 0 Å². The summed E-state index contributed by atoms with van der Waals surface area (Å²) in [6, 6.07) is 12.7. The van der Waals surface area contributed by atoms with Gasteiger partial charge < -0.3 is 0 Å². The number of hydrogen-bond donors (Lipinski definition) is 0. The number of nitriles is 4. The third-order valence-corrected chi connectivity index (χ3v) is 13.2. The summed E-state index contributed by atoms with van der Waals surface area (Å²) < 4.78 is 0. The fourth-order valence-corrected chi connectivity index (χ4v) is 11.6. The van der Waals surface area contributed by atoms with E-state index in [2.05, 4.69) is 36.4 Å². The Labute approximate surface area is 266 Å². The van der Waals surface area contributed by atoms with Crippen molar-refractivity contribution in [2.45, 2.75) is 75.0 Å². The number of nitrogens with zero attached hydrogens (tertiary/aromatic N) is 4.